The SMILES string of the molecule is Cc1ccc(CCN[C@@H](C(=O)Nc2ccc(-c3cnn(C)c3)nc2)c2ccccc2)cc1. The van der Waals surface area contributed by atoms with Gasteiger partial charge in [0.05, 0.1) is 23.8 Å². The fraction of sp³-hybridized carbons (Fsp3) is 0.192. The van der Waals surface area contributed by atoms with Crippen LogP contribution in [0.5, 0.6) is 0 Å². The second-order valence-electron chi connectivity index (χ2n) is 7.86. The van der Waals surface area contributed by atoms with Gasteiger partial charge in [-0.3, -0.25) is 14.5 Å². The Morgan fingerprint density at radius 1 is 1.00 bits per heavy atom. The number of carbonyl (C=O) groups excluding carboxylic acids is 1. The molecular formula is C26H27N5O. The number of carbonyl (C=O) groups is 1. The Labute approximate surface area is 188 Å². The molecule has 2 N–H and O–H groups in total. The number of pyridine rings is 1. The number of hydrogen-bond acceptors (Lipinski definition) is 4. The Hall–Kier alpha value is -3.77. The molecule has 1 amide bonds. The first-order chi connectivity index (χ1) is 15.6. The molecule has 6 nitrogen and oxygen atoms in total. The first-order valence-electron chi connectivity index (χ1n) is 10.7. The highest BCUT2D eigenvalue weighted by molar-refractivity contribution is 5.95. The fourth-order valence-corrected chi connectivity index (χ4v) is 3.53. The van der Waals surface area contributed by atoms with Gasteiger partial charge in [-0.1, -0.05) is 60.2 Å². The zero-order chi connectivity index (χ0) is 22.3. The predicted octanol–water partition coefficient (Wildman–Crippen LogP) is 4.30. The van der Waals surface area contributed by atoms with Crippen LogP contribution < -0.4 is 10.6 Å². The number of benzene rings is 2. The number of hydrogen-bond donors (Lipinski definition) is 2. The van der Waals surface area contributed by atoms with Gasteiger partial charge in [0, 0.05) is 25.4 Å². The van der Waals surface area contributed by atoms with Gasteiger partial charge < -0.3 is 10.6 Å². The fourth-order valence-electron chi connectivity index (χ4n) is 3.53. The number of rotatable bonds is 8. The molecule has 1 atom stereocenters. The van der Waals surface area contributed by atoms with Gasteiger partial charge >= 0.3 is 0 Å². The first-order valence-corrected chi connectivity index (χ1v) is 10.7. The molecule has 2 heterocycles. The van der Waals surface area contributed by atoms with Crippen molar-refractivity contribution in [3.05, 3.63) is 102 Å². The van der Waals surface area contributed by atoms with E-state index in [1.807, 2.05) is 55.7 Å². The van der Waals surface area contributed by atoms with Crippen molar-refractivity contribution in [3.63, 3.8) is 0 Å². The number of nitrogens with zero attached hydrogens (tertiary/aromatic N) is 3. The van der Waals surface area contributed by atoms with Crippen LogP contribution in [0, 0.1) is 6.92 Å². The zero-order valence-corrected chi connectivity index (χ0v) is 18.3. The summed E-state index contributed by atoms with van der Waals surface area (Å²) in [7, 11) is 1.87. The molecule has 6 heteroatoms. The van der Waals surface area contributed by atoms with Gasteiger partial charge in [-0.25, -0.2) is 0 Å². The van der Waals surface area contributed by atoms with Gasteiger partial charge in [0.2, 0.25) is 5.91 Å². The summed E-state index contributed by atoms with van der Waals surface area (Å²) in [4.78, 5) is 17.6. The Morgan fingerprint density at radius 3 is 2.44 bits per heavy atom. The van der Waals surface area contributed by atoms with E-state index in [2.05, 4.69) is 51.9 Å². The van der Waals surface area contributed by atoms with Crippen LogP contribution in [0.1, 0.15) is 22.7 Å². The molecule has 0 spiro atoms. The van der Waals surface area contributed by atoms with Gasteiger partial charge in [-0.05, 0) is 36.6 Å². The largest absolute Gasteiger partial charge is 0.323 e. The van der Waals surface area contributed by atoms with Crippen LogP contribution >= 0.6 is 0 Å². The number of aromatic nitrogens is 3. The third kappa shape index (κ3) is 5.47. The summed E-state index contributed by atoms with van der Waals surface area (Å²) < 4.78 is 1.74. The lowest BCUT2D eigenvalue weighted by Crippen LogP contribution is -2.34. The lowest BCUT2D eigenvalue weighted by molar-refractivity contribution is -0.118. The number of nitrogens with one attached hydrogen (secondary N) is 2. The van der Waals surface area contributed by atoms with E-state index in [1.54, 1.807) is 17.1 Å². The third-order valence-electron chi connectivity index (χ3n) is 5.31. The molecule has 0 unspecified atom stereocenters. The highest BCUT2D eigenvalue weighted by Gasteiger charge is 2.20. The summed E-state index contributed by atoms with van der Waals surface area (Å²) in [6.07, 6.45) is 6.20. The zero-order valence-electron chi connectivity index (χ0n) is 18.3. The number of aryl methyl sites for hydroxylation is 2. The van der Waals surface area contributed by atoms with Crippen molar-refractivity contribution in [2.75, 3.05) is 11.9 Å². The summed E-state index contributed by atoms with van der Waals surface area (Å²) in [6.45, 7) is 2.77. The van der Waals surface area contributed by atoms with Gasteiger partial charge in [-0.2, -0.15) is 5.10 Å². The van der Waals surface area contributed by atoms with Gasteiger partial charge in [0.25, 0.3) is 0 Å². The minimum Gasteiger partial charge on any atom is -0.323 e. The van der Waals surface area contributed by atoms with Crippen molar-refractivity contribution in [3.8, 4) is 11.3 Å². The van der Waals surface area contributed by atoms with E-state index in [0.29, 0.717) is 12.2 Å². The molecule has 32 heavy (non-hydrogen) atoms. The normalized spacial score (nSPS) is 11.8. The van der Waals surface area contributed by atoms with E-state index in [0.717, 1.165) is 23.2 Å². The minimum atomic E-state index is -0.459. The Balaban J connectivity index is 1.43. The van der Waals surface area contributed by atoms with E-state index in [1.165, 1.54) is 11.1 Å². The highest BCUT2D eigenvalue weighted by atomic mass is 16.2. The Kier molecular flexibility index (Phi) is 6.72. The Bertz CT molecular complexity index is 1150. The Morgan fingerprint density at radius 2 is 1.78 bits per heavy atom. The van der Waals surface area contributed by atoms with E-state index in [4.69, 9.17) is 0 Å². The lowest BCUT2D eigenvalue weighted by atomic mass is 10.0. The van der Waals surface area contributed by atoms with Crippen molar-refractivity contribution >= 4 is 11.6 Å². The maximum absolute atomic E-state index is 13.1. The summed E-state index contributed by atoms with van der Waals surface area (Å²) in [6, 6.07) is 21.5. The third-order valence-corrected chi connectivity index (χ3v) is 5.31. The topological polar surface area (TPSA) is 71.8 Å². The van der Waals surface area contributed by atoms with Crippen LogP contribution in [0.4, 0.5) is 5.69 Å². The van der Waals surface area contributed by atoms with Crippen LogP contribution in [0.2, 0.25) is 0 Å². The summed E-state index contributed by atoms with van der Waals surface area (Å²) in [5.41, 5.74) is 5.81. The molecule has 0 aliphatic carbocycles. The smallest absolute Gasteiger partial charge is 0.246 e. The molecule has 0 fully saturated rings. The minimum absolute atomic E-state index is 0.115. The molecule has 2 aromatic carbocycles. The molecule has 0 saturated heterocycles. The molecule has 4 rings (SSSR count). The molecule has 0 aliphatic rings. The molecule has 0 saturated carbocycles. The second kappa shape index (κ2) is 10.0. The van der Waals surface area contributed by atoms with Crippen molar-refractivity contribution in [1.82, 2.24) is 20.1 Å². The van der Waals surface area contributed by atoms with Crippen molar-refractivity contribution < 1.29 is 4.79 Å². The molecular weight excluding hydrogens is 398 g/mol. The van der Waals surface area contributed by atoms with Crippen LogP contribution in [0.15, 0.2) is 85.3 Å². The van der Waals surface area contributed by atoms with Crippen molar-refractivity contribution in [2.24, 2.45) is 7.05 Å². The average molecular weight is 426 g/mol. The highest BCUT2D eigenvalue weighted by Crippen LogP contribution is 2.20. The van der Waals surface area contributed by atoms with E-state index in [9.17, 15) is 4.79 Å². The van der Waals surface area contributed by atoms with Crippen molar-refractivity contribution in [2.45, 2.75) is 19.4 Å². The summed E-state index contributed by atoms with van der Waals surface area (Å²) in [5.74, 6) is -0.115. The molecule has 0 bridgehead atoms. The predicted molar refractivity (Wildman–Crippen MR) is 127 cm³/mol. The van der Waals surface area contributed by atoms with Crippen LogP contribution in [-0.4, -0.2) is 27.2 Å². The summed E-state index contributed by atoms with van der Waals surface area (Å²) >= 11 is 0. The maximum Gasteiger partial charge on any atom is 0.246 e. The van der Waals surface area contributed by atoms with Crippen LogP contribution in [0.25, 0.3) is 11.3 Å². The van der Waals surface area contributed by atoms with E-state index >= 15 is 0 Å². The number of anilines is 1. The molecule has 162 valence electrons. The average Bonchev–Trinajstić information content (AvgIpc) is 3.25. The molecule has 0 radical (unpaired) electrons. The second-order valence-corrected chi connectivity index (χ2v) is 7.86. The van der Waals surface area contributed by atoms with Crippen LogP contribution in [0.3, 0.4) is 0 Å². The van der Waals surface area contributed by atoms with Gasteiger partial charge in [0.1, 0.15) is 6.04 Å². The molecule has 2 aromatic heterocycles. The van der Waals surface area contributed by atoms with Gasteiger partial charge in [-0.15, -0.1) is 0 Å². The monoisotopic (exact) mass is 425 g/mol. The lowest BCUT2D eigenvalue weighted by Gasteiger charge is -2.19. The van der Waals surface area contributed by atoms with Crippen LogP contribution in [-0.2, 0) is 18.3 Å². The van der Waals surface area contributed by atoms with E-state index in [-0.39, 0.29) is 5.91 Å². The standard InChI is InChI=1S/C26H27N5O/c1-19-8-10-20(11-9-19)14-15-27-25(21-6-4-3-5-7-21)26(32)30-23-12-13-24(28-17-23)22-16-29-31(2)18-22/h3-13,16-18,25,27H,14-15H2,1-2H3,(H,30,32)/t25-/m1/s1. The summed E-state index contributed by atoms with van der Waals surface area (Å²) in [5, 5.41) is 10.6. The molecule has 0 aliphatic heterocycles. The van der Waals surface area contributed by atoms with Crippen molar-refractivity contribution in [1.29, 1.82) is 0 Å². The quantitative estimate of drug-likeness (QED) is 0.441. The van der Waals surface area contributed by atoms with E-state index < -0.39 is 6.04 Å². The number of amides is 1. The first kappa shape index (κ1) is 21.5. The van der Waals surface area contributed by atoms with Gasteiger partial charge in [0.15, 0.2) is 0 Å². The molecule has 4 aromatic rings. The maximum atomic E-state index is 13.1.